The van der Waals surface area contributed by atoms with Crippen molar-refractivity contribution >= 4 is 11.6 Å². The summed E-state index contributed by atoms with van der Waals surface area (Å²) >= 11 is 0. The molecule has 1 aromatic carbocycles. The number of hydrogen-bond donors (Lipinski definition) is 1. The lowest BCUT2D eigenvalue weighted by molar-refractivity contribution is -0.189. The molecule has 25 heavy (non-hydrogen) atoms. The maximum atomic E-state index is 13.3. The van der Waals surface area contributed by atoms with Gasteiger partial charge in [0.05, 0.1) is 11.6 Å². The van der Waals surface area contributed by atoms with Gasteiger partial charge < -0.3 is 10.2 Å². The molecular weight excluding hydrogens is 340 g/mol. The number of amides is 1. The number of nitrogens with zero attached hydrogens (tertiary/aromatic N) is 1. The predicted octanol–water partition coefficient (Wildman–Crippen LogP) is 3.56. The van der Waals surface area contributed by atoms with E-state index >= 15 is 0 Å². The smallest absolute Gasteiger partial charge is 0.382 e. The van der Waals surface area contributed by atoms with Crippen molar-refractivity contribution in [2.45, 2.75) is 50.4 Å². The lowest BCUT2D eigenvalue weighted by Crippen LogP contribution is -2.50. The highest BCUT2D eigenvalue weighted by atomic mass is 19.4. The maximum absolute atomic E-state index is 13.3. The molecule has 3 atom stereocenters. The number of benzene rings is 1. The van der Waals surface area contributed by atoms with Crippen molar-refractivity contribution in [1.29, 1.82) is 0 Å². The Bertz CT molecular complexity index is 675. The van der Waals surface area contributed by atoms with Crippen molar-refractivity contribution in [2.24, 2.45) is 11.1 Å². The summed E-state index contributed by atoms with van der Waals surface area (Å²) < 4.78 is 52.6. The summed E-state index contributed by atoms with van der Waals surface area (Å²) in [6.45, 7) is 0. The van der Waals surface area contributed by atoms with E-state index in [-0.39, 0.29) is 12.8 Å². The molecule has 1 fully saturated rings. The van der Waals surface area contributed by atoms with Crippen LogP contribution in [0.25, 0.3) is 0 Å². The van der Waals surface area contributed by atoms with Crippen molar-refractivity contribution < 1.29 is 27.2 Å². The Morgan fingerprint density at radius 2 is 2.00 bits per heavy atom. The molecule has 1 aromatic rings. The Balaban J connectivity index is 1.61. The summed E-state index contributed by atoms with van der Waals surface area (Å²) in [6, 6.07) is 4.75. The minimum Gasteiger partial charge on any atom is -0.382 e. The standard InChI is InChI=1S/C17H18F4N2O2/c18-11-5-3-4-10(8-11)14-9-15(25-23-14)16(24)22-13-7-2-1-6-12(13)17(19,20)21/h3-5,8,12-13,15H,1-2,6-7,9H2,(H,22,24)/t12-,13+,15+/m1/s1. The normalized spacial score (nSPS) is 26.7. The van der Waals surface area contributed by atoms with E-state index in [9.17, 15) is 22.4 Å². The van der Waals surface area contributed by atoms with Gasteiger partial charge in [-0.1, -0.05) is 30.1 Å². The number of hydrogen-bond acceptors (Lipinski definition) is 3. The summed E-state index contributed by atoms with van der Waals surface area (Å²) in [6.07, 6.45) is -3.77. The first-order valence-electron chi connectivity index (χ1n) is 8.20. The Morgan fingerprint density at radius 1 is 1.24 bits per heavy atom. The fourth-order valence-electron chi connectivity index (χ4n) is 3.33. The third-order valence-electron chi connectivity index (χ3n) is 4.63. The molecule has 0 radical (unpaired) electrons. The van der Waals surface area contributed by atoms with E-state index < -0.39 is 36.0 Å². The maximum Gasteiger partial charge on any atom is 0.393 e. The molecule has 136 valence electrons. The lowest BCUT2D eigenvalue weighted by atomic mass is 9.84. The fraction of sp³-hybridized carbons (Fsp3) is 0.529. The van der Waals surface area contributed by atoms with Crippen LogP contribution in [0, 0.1) is 11.7 Å². The summed E-state index contributed by atoms with van der Waals surface area (Å²) in [4.78, 5) is 17.3. The molecule has 0 unspecified atom stereocenters. The zero-order valence-electron chi connectivity index (χ0n) is 13.4. The van der Waals surface area contributed by atoms with Gasteiger partial charge in [0.25, 0.3) is 5.91 Å². The second-order valence-electron chi connectivity index (χ2n) is 6.39. The van der Waals surface area contributed by atoms with E-state index in [1.54, 1.807) is 6.07 Å². The van der Waals surface area contributed by atoms with E-state index in [1.165, 1.54) is 18.2 Å². The van der Waals surface area contributed by atoms with Crippen molar-refractivity contribution in [3.05, 3.63) is 35.6 Å². The molecule has 8 heteroatoms. The molecule has 1 aliphatic carbocycles. The van der Waals surface area contributed by atoms with E-state index in [1.807, 2.05) is 0 Å². The first kappa shape index (κ1) is 17.7. The topological polar surface area (TPSA) is 50.7 Å². The first-order valence-corrected chi connectivity index (χ1v) is 8.20. The summed E-state index contributed by atoms with van der Waals surface area (Å²) in [5, 5.41) is 6.25. The second kappa shape index (κ2) is 7.01. The fourth-order valence-corrected chi connectivity index (χ4v) is 3.33. The average Bonchev–Trinajstić information content (AvgIpc) is 3.04. The van der Waals surface area contributed by atoms with E-state index in [2.05, 4.69) is 10.5 Å². The van der Waals surface area contributed by atoms with Crippen LogP contribution in [0.1, 0.15) is 37.7 Å². The minimum absolute atomic E-state index is 0.0189. The van der Waals surface area contributed by atoms with Gasteiger partial charge >= 0.3 is 6.18 Å². The van der Waals surface area contributed by atoms with Gasteiger partial charge in [-0.25, -0.2) is 4.39 Å². The minimum atomic E-state index is -4.34. The summed E-state index contributed by atoms with van der Waals surface area (Å²) in [5.41, 5.74) is 0.886. The molecule has 1 aliphatic heterocycles. The van der Waals surface area contributed by atoms with Crippen LogP contribution in [-0.2, 0) is 9.63 Å². The molecule has 0 spiro atoms. The summed E-state index contributed by atoms with van der Waals surface area (Å²) in [5.74, 6) is -2.59. The Hall–Kier alpha value is -2.12. The molecule has 1 N–H and O–H groups in total. The predicted molar refractivity (Wildman–Crippen MR) is 82.4 cm³/mol. The van der Waals surface area contributed by atoms with Crippen LogP contribution in [0.4, 0.5) is 17.6 Å². The number of halogens is 4. The number of oxime groups is 1. The monoisotopic (exact) mass is 358 g/mol. The molecule has 1 saturated carbocycles. The van der Waals surface area contributed by atoms with Crippen molar-refractivity contribution in [3.63, 3.8) is 0 Å². The highest BCUT2D eigenvalue weighted by molar-refractivity contribution is 6.04. The van der Waals surface area contributed by atoms with Gasteiger partial charge in [0.2, 0.25) is 6.10 Å². The third kappa shape index (κ3) is 4.11. The van der Waals surface area contributed by atoms with Crippen molar-refractivity contribution in [3.8, 4) is 0 Å². The zero-order valence-corrected chi connectivity index (χ0v) is 13.4. The number of carbonyl (C=O) groups is 1. The molecular formula is C17H18F4N2O2. The molecule has 0 saturated heterocycles. The van der Waals surface area contributed by atoms with Crippen LogP contribution in [-0.4, -0.2) is 29.9 Å². The largest absolute Gasteiger partial charge is 0.393 e. The molecule has 2 aliphatic rings. The van der Waals surface area contributed by atoms with Crippen molar-refractivity contribution in [2.75, 3.05) is 0 Å². The molecule has 0 bridgehead atoms. The molecule has 0 aromatic heterocycles. The first-order chi connectivity index (χ1) is 11.8. The second-order valence-corrected chi connectivity index (χ2v) is 6.39. The molecule has 3 rings (SSSR count). The molecule has 1 heterocycles. The number of alkyl halides is 3. The lowest BCUT2D eigenvalue weighted by Gasteiger charge is -2.33. The van der Waals surface area contributed by atoms with Crippen LogP contribution in [0.15, 0.2) is 29.4 Å². The van der Waals surface area contributed by atoms with Gasteiger partial charge in [-0.05, 0) is 25.0 Å². The summed E-state index contributed by atoms with van der Waals surface area (Å²) in [7, 11) is 0. The van der Waals surface area contributed by atoms with Gasteiger partial charge in [-0.3, -0.25) is 4.79 Å². The Morgan fingerprint density at radius 3 is 2.72 bits per heavy atom. The SMILES string of the molecule is O=C(N[C@H]1CCCC[C@H]1C(F)(F)F)[C@@H]1CC(c2cccc(F)c2)=NO1. The van der Waals surface area contributed by atoms with E-state index in [0.29, 0.717) is 30.5 Å². The van der Waals surface area contributed by atoms with Gasteiger partial charge in [0.15, 0.2) is 0 Å². The quantitative estimate of drug-likeness (QED) is 0.840. The Kier molecular flexibility index (Phi) is 4.96. The van der Waals surface area contributed by atoms with Crippen LogP contribution in [0.3, 0.4) is 0 Å². The van der Waals surface area contributed by atoms with Crippen LogP contribution in [0.2, 0.25) is 0 Å². The van der Waals surface area contributed by atoms with E-state index in [0.717, 1.165) is 0 Å². The van der Waals surface area contributed by atoms with Gasteiger partial charge in [-0.2, -0.15) is 13.2 Å². The molecule has 4 nitrogen and oxygen atoms in total. The number of carbonyl (C=O) groups excluding carboxylic acids is 1. The van der Waals surface area contributed by atoms with Crippen LogP contribution < -0.4 is 5.32 Å². The van der Waals surface area contributed by atoms with Gasteiger partial charge in [0, 0.05) is 18.0 Å². The number of rotatable bonds is 3. The van der Waals surface area contributed by atoms with Gasteiger partial charge in [0.1, 0.15) is 5.82 Å². The number of nitrogens with one attached hydrogen (secondary N) is 1. The average molecular weight is 358 g/mol. The van der Waals surface area contributed by atoms with Crippen molar-refractivity contribution in [1.82, 2.24) is 5.32 Å². The molecule has 1 amide bonds. The third-order valence-corrected chi connectivity index (χ3v) is 4.63. The zero-order chi connectivity index (χ0) is 18.0. The highest BCUT2D eigenvalue weighted by Crippen LogP contribution is 2.37. The van der Waals surface area contributed by atoms with Gasteiger partial charge in [-0.15, -0.1) is 0 Å². The van der Waals surface area contributed by atoms with Crippen LogP contribution >= 0.6 is 0 Å². The van der Waals surface area contributed by atoms with E-state index in [4.69, 9.17) is 4.84 Å². The highest BCUT2D eigenvalue weighted by Gasteiger charge is 2.46. The Labute approximate surface area is 142 Å². The van der Waals surface area contributed by atoms with Crippen LogP contribution in [0.5, 0.6) is 0 Å².